The van der Waals surface area contributed by atoms with E-state index in [0.29, 0.717) is 24.7 Å². The minimum atomic E-state index is -1.39. The maximum Gasteiger partial charge on any atom is 0.348 e. The lowest BCUT2D eigenvalue weighted by Crippen LogP contribution is -2.43. The van der Waals surface area contributed by atoms with E-state index in [4.69, 9.17) is 13.9 Å². The van der Waals surface area contributed by atoms with Crippen molar-refractivity contribution in [2.24, 2.45) is 0 Å². The Morgan fingerprint density at radius 3 is 2.50 bits per heavy atom. The molecule has 0 aliphatic rings. The number of thiophene rings is 1. The molecule has 0 spiro atoms. The van der Waals surface area contributed by atoms with Crippen LogP contribution in [0.2, 0.25) is 0 Å². The number of carboxylic acids is 1. The monoisotopic (exact) mass is 535 g/mol. The van der Waals surface area contributed by atoms with Gasteiger partial charge in [-0.25, -0.2) is 9.78 Å². The molecule has 1 unspecified atom stereocenters. The molecule has 2 heterocycles. The third-order valence-electron chi connectivity index (χ3n) is 5.95. The van der Waals surface area contributed by atoms with E-state index in [-0.39, 0.29) is 6.42 Å². The number of aromatic nitrogens is 1. The second-order valence-electron chi connectivity index (χ2n) is 8.92. The first kappa shape index (κ1) is 29.0. The molecule has 7 heteroatoms. The van der Waals surface area contributed by atoms with E-state index in [2.05, 4.69) is 11.9 Å². The predicted molar refractivity (Wildman–Crippen MR) is 152 cm³/mol. The van der Waals surface area contributed by atoms with Crippen LogP contribution in [0.15, 0.2) is 70.5 Å². The maximum absolute atomic E-state index is 12.1. The third-order valence-corrected chi connectivity index (χ3v) is 6.80. The van der Waals surface area contributed by atoms with Crippen molar-refractivity contribution < 1.29 is 23.8 Å². The fourth-order valence-corrected chi connectivity index (χ4v) is 4.71. The molecule has 38 heavy (non-hydrogen) atoms. The van der Waals surface area contributed by atoms with Gasteiger partial charge in [0, 0.05) is 12.8 Å². The predicted octanol–water partition coefficient (Wildman–Crippen LogP) is 7.78. The van der Waals surface area contributed by atoms with Gasteiger partial charge in [-0.15, -0.1) is 11.3 Å². The van der Waals surface area contributed by atoms with Crippen LogP contribution in [0.1, 0.15) is 56.7 Å². The highest BCUT2D eigenvalue weighted by Gasteiger charge is 2.36. The van der Waals surface area contributed by atoms with Gasteiger partial charge in [0.25, 0.3) is 0 Å². The molecule has 0 fully saturated rings. The number of aliphatic carboxylic acids is 1. The number of carboxylic acid groups (broad SMARTS) is 1. The van der Waals surface area contributed by atoms with Gasteiger partial charge in [0.15, 0.2) is 0 Å². The van der Waals surface area contributed by atoms with Crippen LogP contribution in [0.3, 0.4) is 0 Å². The van der Waals surface area contributed by atoms with E-state index in [1.54, 1.807) is 30.4 Å². The Balaban J connectivity index is 0.00000195. The minimum Gasteiger partial charge on any atom is -0.493 e. The van der Waals surface area contributed by atoms with Gasteiger partial charge in [0.1, 0.15) is 17.3 Å². The molecule has 2 aromatic carbocycles. The van der Waals surface area contributed by atoms with Crippen LogP contribution < -0.4 is 9.47 Å². The number of carbonyl (C=O) groups is 1. The van der Waals surface area contributed by atoms with Gasteiger partial charge in [-0.2, -0.15) is 0 Å². The van der Waals surface area contributed by atoms with Crippen LogP contribution in [-0.2, 0) is 24.1 Å². The zero-order chi connectivity index (χ0) is 27.5. The van der Waals surface area contributed by atoms with E-state index in [0.717, 1.165) is 46.0 Å². The van der Waals surface area contributed by atoms with E-state index in [1.807, 2.05) is 74.7 Å². The zero-order valence-corrected chi connectivity index (χ0v) is 23.6. The normalized spacial score (nSPS) is 12.2. The summed E-state index contributed by atoms with van der Waals surface area (Å²) >= 11 is 1.60. The fraction of sp³-hybridized carbons (Fsp3) is 0.355. The highest BCUT2D eigenvalue weighted by Crippen LogP contribution is 2.29. The van der Waals surface area contributed by atoms with Gasteiger partial charge < -0.3 is 19.0 Å². The number of nitrogens with zero attached hydrogens (tertiary/aromatic N) is 1. The quantitative estimate of drug-likeness (QED) is 0.199. The summed E-state index contributed by atoms with van der Waals surface area (Å²) in [6.07, 6.45) is 2.65. The largest absolute Gasteiger partial charge is 0.493 e. The van der Waals surface area contributed by atoms with E-state index >= 15 is 0 Å². The van der Waals surface area contributed by atoms with Crippen LogP contribution in [0, 0.1) is 6.92 Å². The van der Waals surface area contributed by atoms with Crippen molar-refractivity contribution in [1.82, 2.24) is 4.98 Å². The molecular weight excluding hydrogens is 498 g/mol. The Bertz CT molecular complexity index is 1280. The summed E-state index contributed by atoms with van der Waals surface area (Å²) in [4.78, 5) is 17.8. The molecule has 0 radical (unpaired) electrons. The Morgan fingerprint density at radius 1 is 1.08 bits per heavy atom. The molecule has 202 valence electrons. The fourth-order valence-electron chi connectivity index (χ4n) is 4.07. The molecule has 4 rings (SSSR count). The molecule has 4 aromatic rings. The molecule has 2 aromatic heterocycles. The number of para-hydroxylation sites is 1. The first-order valence-corrected chi connectivity index (χ1v) is 14.0. The van der Waals surface area contributed by atoms with Crippen LogP contribution in [0.5, 0.6) is 11.5 Å². The summed E-state index contributed by atoms with van der Waals surface area (Å²) in [6, 6.07) is 18.9. The molecule has 0 bridgehead atoms. The lowest BCUT2D eigenvalue weighted by molar-refractivity contribution is -0.153. The average Bonchev–Trinajstić information content (AvgIpc) is 3.57. The molecule has 0 amide bonds. The summed E-state index contributed by atoms with van der Waals surface area (Å²) in [5.41, 5.74) is 1.44. The number of hydrogen-bond donors (Lipinski definition) is 1. The summed E-state index contributed by atoms with van der Waals surface area (Å²) in [6.45, 7) is 10.1. The van der Waals surface area contributed by atoms with Crippen LogP contribution in [-0.4, -0.2) is 28.3 Å². The number of rotatable bonds is 12. The number of aryl methyl sites for hydroxylation is 2. The highest BCUT2D eigenvalue weighted by atomic mass is 32.1. The summed E-state index contributed by atoms with van der Waals surface area (Å²) in [5.74, 6) is 1.78. The molecule has 6 nitrogen and oxygen atoms in total. The van der Waals surface area contributed by atoms with Crippen LogP contribution in [0.25, 0.3) is 10.8 Å². The molecule has 0 aliphatic heterocycles. The van der Waals surface area contributed by atoms with Gasteiger partial charge >= 0.3 is 5.97 Å². The van der Waals surface area contributed by atoms with Crippen molar-refractivity contribution in [2.75, 3.05) is 6.61 Å². The highest BCUT2D eigenvalue weighted by molar-refractivity contribution is 7.13. The van der Waals surface area contributed by atoms with Crippen molar-refractivity contribution in [2.45, 2.75) is 65.9 Å². The number of benzene rings is 2. The first-order valence-electron chi connectivity index (χ1n) is 13.1. The van der Waals surface area contributed by atoms with E-state index in [9.17, 15) is 9.90 Å². The summed E-state index contributed by atoms with van der Waals surface area (Å²) in [5, 5.41) is 11.9. The topological polar surface area (TPSA) is 81.8 Å². The Hall–Kier alpha value is -3.58. The molecule has 0 aliphatic carbocycles. The number of oxazole rings is 1. The van der Waals surface area contributed by atoms with E-state index in [1.165, 1.54) is 0 Å². The van der Waals surface area contributed by atoms with Crippen molar-refractivity contribution in [3.8, 4) is 22.3 Å². The van der Waals surface area contributed by atoms with Gasteiger partial charge in [-0.1, -0.05) is 63.6 Å². The van der Waals surface area contributed by atoms with Crippen molar-refractivity contribution in [3.63, 3.8) is 0 Å². The van der Waals surface area contributed by atoms with Crippen molar-refractivity contribution in [1.29, 1.82) is 0 Å². The molecular formula is C31H37NO5S. The minimum absolute atomic E-state index is 0.234. The van der Waals surface area contributed by atoms with Gasteiger partial charge in [0.05, 0.1) is 17.2 Å². The zero-order valence-electron chi connectivity index (χ0n) is 22.8. The van der Waals surface area contributed by atoms with Crippen molar-refractivity contribution >= 4 is 17.3 Å². The standard InChI is InChI=1S/C29H31NO5S.C2H6/c1-4-9-22-18-21(19-29(3,28(31)32)35-23-10-6-5-7-11-23)13-14-25(22)33-16-15-24-20(2)34-27(30-24)26-12-8-17-36-26;1-2/h5-8,10-14,17-18H,4,9,15-16,19H2,1-3H3,(H,31,32);1-2H3. The molecule has 0 saturated heterocycles. The maximum atomic E-state index is 12.1. The molecule has 0 saturated carbocycles. The van der Waals surface area contributed by atoms with Gasteiger partial charge in [-0.05, 0) is 61.0 Å². The van der Waals surface area contributed by atoms with E-state index < -0.39 is 11.6 Å². The molecule has 1 N–H and O–H groups in total. The molecule has 1 atom stereocenters. The first-order chi connectivity index (χ1) is 18.4. The smallest absolute Gasteiger partial charge is 0.348 e. The Labute approximate surface area is 229 Å². The van der Waals surface area contributed by atoms with Gasteiger partial charge in [0.2, 0.25) is 11.5 Å². The third kappa shape index (κ3) is 7.48. The lowest BCUT2D eigenvalue weighted by atomic mass is 9.94. The second kappa shape index (κ2) is 13.8. The SMILES string of the molecule is CC.CCCc1cc(CC(C)(Oc2ccccc2)C(=O)O)ccc1OCCc1nc(-c2cccs2)oc1C. The number of ether oxygens (including phenoxy) is 2. The van der Waals surface area contributed by atoms with Crippen LogP contribution in [0.4, 0.5) is 0 Å². The van der Waals surface area contributed by atoms with Gasteiger partial charge in [-0.3, -0.25) is 0 Å². The average molecular weight is 536 g/mol. The Kier molecular flexibility index (Phi) is 10.5. The van der Waals surface area contributed by atoms with Crippen LogP contribution >= 0.6 is 11.3 Å². The van der Waals surface area contributed by atoms with Crippen molar-refractivity contribution in [3.05, 3.63) is 88.6 Å². The summed E-state index contributed by atoms with van der Waals surface area (Å²) < 4.78 is 17.9. The number of hydrogen-bond acceptors (Lipinski definition) is 6. The summed E-state index contributed by atoms with van der Waals surface area (Å²) in [7, 11) is 0. The second-order valence-corrected chi connectivity index (χ2v) is 9.87. The Morgan fingerprint density at radius 2 is 1.84 bits per heavy atom. The lowest BCUT2D eigenvalue weighted by Gasteiger charge is -2.27.